The highest BCUT2D eigenvalue weighted by Crippen LogP contribution is 2.15. The van der Waals surface area contributed by atoms with E-state index < -0.39 is 11.6 Å². The molecule has 1 aromatic heterocycles. The van der Waals surface area contributed by atoms with Gasteiger partial charge < -0.3 is 5.32 Å². The second-order valence-corrected chi connectivity index (χ2v) is 4.89. The molecule has 0 bridgehead atoms. The standard InChI is InChI=1S/C13H10F2N2S/c14-10-1-4-13(15)9(5-10)7-17-8-12-3-2-11(6-16)18-12/h1-5,17H,7-8H2. The summed E-state index contributed by atoms with van der Waals surface area (Å²) >= 11 is 1.38. The Labute approximate surface area is 107 Å². The van der Waals surface area contributed by atoms with Gasteiger partial charge in [0, 0.05) is 23.5 Å². The van der Waals surface area contributed by atoms with Gasteiger partial charge in [0.15, 0.2) is 0 Å². The van der Waals surface area contributed by atoms with Crippen LogP contribution in [0.1, 0.15) is 15.3 Å². The topological polar surface area (TPSA) is 35.8 Å². The van der Waals surface area contributed by atoms with Crippen molar-refractivity contribution in [2.75, 3.05) is 0 Å². The van der Waals surface area contributed by atoms with E-state index >= 15 is 0 Å². The quantitative estimate of drug-likeness (QED) is 0.920. The molecule has 0 fully saturated rings. The molecule has 5 heteroatoms. The minimum atomic E-state index is -0.448. The highest BCUT2D eigenvalue weighted by molar-refractivity contribution is 7.12. The number of hydrogen-bond acceptors (Lipinski definition) is 3. The molecule has 0 unspecified atom stereocenters. The average molecular weight is 264 g/mol. The average Bonchev–Trinajstić information content (AvgIpc) is 2.81. The zero-order valence-electron chi connectivity index (χ0n) is 9.41. The Balaban J connectivity index is 1.92. The lowest BCUT2D eigenvalue weighted by molar-refractivity contribution is 0.569. The summed E-state index contributed by atoms with van der Waals surface area (Å²) in [6, 6.07) is 9.03. The number of nitrogens with zero attached hydrogens (tertiary/aromatic N) is 1. The van der Waals surface area contributed by atoms with Crippen LogP contribution in [0.5, 0.6) is 0 Å². The number of benzene rings is 1. The summed E-state index contributed by atoms with van der Waals surface area (Å²) in [6.45, 7) is 0.783. The summed E-state index contributed by atoms with van der Waals surface area (Å²) < 4.78 is 26.2. The van der Waals surface area contributed by atoms with Crippen molar-refractivity contribution in [1.29, 1.82) is 5.26 Å². The molecule has 0 aliphatic rings. The van der Waals surface area contributed by atoms with Gasteiger partial charge in [0.1, 0.15) is 22.6 Å². The number of nitrogens with one attached hydrogen (secondary N) is 1. The number of thiophene rings is 1. The first-order chi connectivity index (χ1) is 8.69. The summed E-state index contributed by atoms with van der Waals surface area (Å²) in [7, 11) is 0. The molecule has 1 aromatic carbocycles. The Morgan fingerprint density at radius 2 is 2.00 bits per heavy atom. The van der Waals surface area contributed by atoms with Gasteiger partial charge in [-0.2, -0.15) is 5.26 Å². The highest BCUT2D eigenvalue weighted by atomic mass is 32.1. The van der Waals surface area contributed by atoms with Gasteiger partial charge in [-0.05, 0) is 30.3 Å². The smallest absolute Gasteiger partial charge is 0.127 e. The normalized spacial score (nSPS) is 10.3. The number of rotatable bonds is 4. The zero-order valence-corrected chi connectivity index (χ0v) is 10.2. The largest absolute Gasteiger partial charge is 0.308 e. The summed E-state index contributed by atoms with van der Waals surface area (Å²) in [6.07, 6.45) is 0. The fourth-order valence-electron chi connectivity index (χ4n) is 1.53. The molecule has 0 aliphatic heterocycles. The molecule has 0 saturated carbocycles. The lowest BCUT2D eigenvalue weighted by atomic mass is 10.2. The lowest BCUT2D eigenvalue weighted by Gasteiger charge is -2.04. The fraction of sp³-hybridized carbons (Fsp3) is 0.154. The van der Waals surface area contributed by atoms with Crippen LogP contribution in [0.15, 0.2) is 30.3 Å². The van der Waals surface area contributed by atoms with Crippen LogP contribution in [0, 0.1) is 23.0 Å². The molecule has 92 valence electrons. The third kappa shape index (κ3) is 3.13. The van der Waals surface area contributed by atoms with Crippen molar-refractivity contribution in [3.63, 3.8) is 0 Å². The Kier molecular flexibility index (Phi) is 4.03. The predicted octanol–water partition coefficient (Wildman–Crippen LogP) is 3.19. The van der Waals surface area contributed by atoms with Crippen LogP contribution in [0.4, 0.5) is 8.78 Å². The lowest BCUT2D eigenvalue weighted by Crippen LogP contribution is -2.13. The van der Waals surface area contributed by atoms with E-state index in [0.29, 0.717) is 17.0 Å². The third-order valence-corrected chi connectivity index (χ3v) is 3.38. The van der Waals surface area contributed by atoms with Crippen molar-refractivity contribution >= 4 is 11.3 Å². The monoisotopic (exact) mass is 264 g/mol. The van der Waals surface area contributed by atoms with Crippen LogP contribution >= 0.6 is 11.3 Å². The second-order valence-electron chi connectivity index (χ2n) is 3.72. The minimum absolute atomic E-state index is 0.253. The number of hydrogen-bond donors (Lipinski definition) is 1. The van der Waals surface area contributed by atoms with Crippen LogP contribution in [0.2, 0.25) is 0 Å². The van der Waals surface area contributed by atoms with Crippen molar-refractivity contribution in [3.05, 3.63) is 57.3 Å². The van der Waals surface area contributed by atoms with E-state index in [1.807, 2.05) is 6.07 Å². The Hall–Kier alpha value is -1.77. The van der Waals surface area contributed by atoms with Gasteiger partial charge in [-0.3, -0.25) is 0 Å². The van der Waals surface area contributed by atoms with Gasteiger partial charge in [-0.25, -0.2) is 8.78 Å². The molecule has 0 amide bonds. The summed E-state index contributed by atoms with van der Waals surface area (Å²) in [5.41, 5.74) is 0.298. The van der Waals surface area contributed by atoms with Gasteiger partial charge in [0.25, 0.3) is 0 Å². The van der Waals surface area contributed by atoms with Crippen molar-refractivity contribution in [2.45, 2.75) is 13.1 Å². The number of nitriles is 1. The van der Waals surface area contributed by atoms with Gasteiger partial charge in [0.2, 0.25) is 0 Å². The molecule has 2 nitrogen and oxygen atoms in total. The van der Waals surface area contributed by atoms with E-state index in [4.69, 9.17) is 5.26 Å². The summed E-state index contributed by atoms with van der Waals surface area (Å²) in [5.74, 6) is -0.871. The molecule has 0 atom stereocenters. The third-order valence-electron chi connectivity index (χ3n) is 2.39. The Bertz CT molecular complexity index is 587. The SMILES string of the molecule is N#Cc1ccc(CNCc2cc(F)ccc2F)s1. The predicted molar refractivity (Wildman–Crippen MR) is 65.9 cm³/mol. The first-order valence-electron chi connectivity index (χ1n) is 5.32. The van der Waals surface area contributed by atoms with E-state index in [2.05, 4.69) is 11.4 Å². The molecule has 0 radical (unpaired) electrons. The molecule has 1 heterocycles. The van der Waals surface area contributed by atoms with E-state index in [1.165, 1.54) is 17.4 Å². The maximum atomic E-state index is 13.3. The van der Waals surface area contributed by atoms with Gasteiger partial charge in [-0.1, -0.05) is 0 Å². The summed E-state index contributed by atoms with van der Waals surface area (Å²) in [4.78, 5) is 1.63. The molecule has 0 saturated heterocycles. The van der Waals surface area contributed by atoms with Gasteiger partial charge >= 0.3 is 0 Å². The first kappa shape index (κ1) is 12.7. The maximum Gasteiger partial charge on any atom is 0.127 e. The number of halogens is 2. The molecule has 0 aliphatic carbocycles. The van der Waals surface area contributed by atoms with E-state index in [0.717, 1.165) is 17.0 Å². The Morgan fingerprint density at radius 1 is 1.17 bits per heavy atom. The van der Waals surface area contributed by atoms with E-state index in [-0.39, 0.29) is 6.54 Å². The zero-order chi connectivity index (χ0) is 13.0. The fourth-order valence-corrected chi connectivity index (χ4v) is 2.31. The first-order valence-corrected chi connectivity index (χ1v) is 6.14. The van der Waals surface area contributed by atoms with Crippen molar-refractivity contribution in [3.8, 4) is 6.07 Å². The molecule has 2 aromatic rings. The maximum absolute atomic E-state index is 13.3. The van der Waals surface area contributed by atoms with Crippen molar-refractivity contribution in [1.82, 2.24) is 5.32 Å². The van der Waals surface area contributed by atoms with Crippen LogP contribution in [0.25, 0.3) is 0 Å². The second kappa shape index (κ2) is 5.71. The molecule has 0 spiro atoms. The summed E-state index contributed by atoms with van der Waals surface area (Å²) in [5, 5.41) is 11.7. The molecule has 18 heavy (non-hydrogen) atoms. The van der Waals surface area contributed by atoms with Crippen molar-refractivity contribution in [2.24, 2.45) is 0 Å². The molecule has 1 N–H and O–H groups in total. The molecular formula is C13H10F2N2S. The van der Waals surface area contributed by atoms with Crippen LogP contribution < -0.4 is 5.32 Å². The minimum Gasteiger partial charge on any atom is -0.308 e. The van der Waals surface area contributed by atoms with Crippen LogP contribution in [-0.4, -0.2) is 0 Å². The van der Waals surface area contributed by atoms with Gasteiger partial charge in [-0.15, -0.1) is 11.3 Å². The van der Waals surface area contributed by atoms with Crippen molar-refractivity contribution < 1.29 is 8.78 Å². The van der Waals surface area contributed by atoms with Crippen LogP contribution in [-0.2, 0) is 13.1 Å². The van der Waals surface area contributed by atoms with Crippen LogP contribution in [0.3, 0.4) is 0 Å². The molecule has 2 rings (SSSR count). The Morgan fingerprint density at radius 3 is 2.72 bits per heavy atom. The van der Waals surface area contributed by atoms with E-state index in [9.17, 15) is 8.78 Å². The molecular weight excluding hydrogens is 254 g/mol. The van der Waals surface area contributed by atoms with Gasteiger partial charge in [0.05, 0.1) is 0 Å². The highest BCUT2D eigenvalue weighted by Gasteiger charge is 2.04. The van der Waals surface area contributed by atoms with E-state index in [1.54, 1.807) is 6.07 Å².